The fourth-order valence-electron chi connectivity index (χ4n) is 3.11. The van der Waals surface area contributed by atoms with Crippen LogP contribution >= 0.6 is 0 Å². The molecule has 7 nitrogen and oxygen atoms in total. The minimum absolute atomic E-state index is 0.0705. The molecule has 1 saturated heterocycles. The molecule has 0 radical (unpaired) electrons. The Morgan fingerprint density at radius 3 is 2.40 bits per heavy atom. The second-order valence-corrected chi connectivity index (χ2v) is 8.49. The van der Waals surface area contributed by atoms with Crippen LogP contribution < -0.4 is 4.72 Å². The number of nitrogens with one attached hydrogen (secondary N) is 1. The van der Waals surface area contributed by atoms with Crippen LogP contribution in [0.4, 0.5) is 5.69 Å². The van der Waals surface area contributed by atoms with Crippen molar-refractivity contribution in [3.8, 4) is 0 Å². The van der Waals surface area contributed by atoms with Gasteiger partial charge in [-0.2, -0.15) is 0 Å². The Kier molecular flexibility index (Phi) is 6.05. The van der Waals surface area contributed by atoms with Crippen molar-refractivity contribution in [1.82, 2.24) is 4.90 Å². The lowest BCUT2D eigenvalue weighted by Crippen LogP contribution is -2.44. The summed E-state index contributed by atoms with van der Waals surface area (Å²) in [4.78, 5) is 26.2. The topological polar surface area (TPSA) is 92.8 Å². The summed E-state index contributed by atoms with van der Waals surface area (Å²) in [6, 6.07) is 6.12. The zero-order chi connectivity index (χ0) is 18.6. The van der Waals surface area contributed by atoms with E-state index in [1.54, 1.807) is 17.0 Å². The number of amides is 1. The van der Waals surface area contributed by atoms with Gasteiger partial charge in [0.1, 0.15) is 0 Å². The molecule has 1 N–H and O–H groups in total. The van der Waals surface area contributed by atoms with Crippen molar-refractivity contribution in [2.45, 2.75) is 20.3 Å². The molecule has 138 valence electrons. The number of sulfonamides is 1. The molecule has 2 rings (SSSR count). The van der Waals surface area contributed by atoms with Gasteiger partial charge >= 0.3 is 5.97 Å². The number of ether oxygens (including phenoxy) is 1. The van der Waals surface area contributed by atoms with E-state index < -0.39 is 16.0 Å². The van der Waals surface area contributed by atoms with Crippen LogP contribution in [0.2, 0.25) is 0 Å². The van der Waals surface area contributed by atoms with Crippen molar-refractivity contribution in [2.24, 2.45) is 11.8 Å². The van der Waals surface area contributed by atoms with Crippen LogP contribution in [0.25, 0.3) is 0 Å². The maximum atomic E-state index is 12.3. The molecule has 1 aliphatic rings. The molecular formula is C17H24N2O5S. The molecule has 0 saturated carbocycles. The molecule has 0 aliphatic carbocycles. The molecule has 1 aromatic rings. The summed E-state index contributed by atoms with van der Waals surface area (Å²) < 4.78 is 30.1. The van der Waals surface area contributed by atoms with Crippen LogP contribution in [-0.2, 0) is 19.6 Å². The number of nitrogens with zero attached hydrogens (tertiary/aromatic N) is 1. The SMILES string of the molecule is C[C@@H]1C[C@H](C)CN(C(=O)COC(=O)c2ccccc2NS(C)(=O)=O)C1. The molecule has 0 aromatic heterocycles. The molecule has 25 heavy (non-hydrogen) atoms. The van der Waals surface area contributed by atoms with E-state index in [4.69, 9.17) is 4.74 Å². The van der Waals surface area contributed by atoms with Gasteiger partial charge in [0.2, 0.25) is 10.0 Å². The average Bonchev–Trinajstić information content (AvgIpc) is 2.50. The van der Waals surface area contributed by atoms with Gasteiger partial charge in [0.05, 0.1) is 17.5 Å². The van der Waals surface area contributed by atoms with E-state index in [2.05, 4.69) is 18.6 Å². The number of para-hydroxylation sites is 1. The van der Waals surface area contributed by atoms with Crippen LogP contribution in [0.5, 0.6) is 0 Å². The number of likely N-dealkylation sites (tertiary alicyclic amines) is 1. The van der Waals surface area contributed by atoms with Gasteiger partial charge in [-0.05, 0) is 30.4 Å². The largest absolute Gasteiger partial charge is 0.452 e. The number of esters is 1. The van der Waals surface area contributed by atoms with Crippen molar-refractivity contribution in [3.05, 3.63) is 29.8 Å². The van der Waals surface area contributed by atoms with E-state index >= 15 is 0 Å². The van der Waals surface area contributed by atoms with E-state index in [9.17, 15) is 18.0 Å². The lowest BCUT2D eigenvalue weighted by atomic mass is 9.92. The van der Waals surface area contributed by atoms with Crippen molar-refractivity contribution in [2.75, 3.05) is 30.7 Å². The Labute approximate surface area is 148 Å². The summed E-state index contributed by atoms with van der Waals surface area (Å²) in [5, 5.41) is 0. The maximum absolute atomic E-state index is 12.3. The van der Waals surface area contributed by atoms with Gasteiger partial charge in [0, 0.05) is 13.1 Å². The van der Waals surface area contributed by atoms with Crippen molar-refractivity contribution in [1.29, 1.82) is 0 Å². The fraction of sp³-hybridized carbons (Fsp3) is 0.529. The lowest BCUT2D eigenvalue weighted by molar-refractivity contribution is -0.137. The normalized spacial score (nSPS) is 20.8. The summed E-state index contributed by atoms with van der Waals surface area (Å²) in [6.45, 7) is 5.15. The zero-order valence-electron chi connectivity index (χ0n) is 14.7. The molecule has 0 spiro atoms. The number of benzene rings is 1. The second kappa shape index (κ2) is 7.86. The minimum atomic E-state index is -3.53. The number of piperidine rings is 1. The number of carbonyl (C=O) groups excluding carboxylic acids is 2. The summed E-state index contributed by atoms with van der Waals surface area (Å²) >= 11 is 0. The van der Waals surface area contributed by atoms with Gasteiger partial charge in [-0.25, -0.2) is 13.2 Å². The first-order chi connectivity index (χ1) is 11.7. The van der Waals surface area contributed by atoms with Gasteiger partial charge in [0.15, 0.2) is 6.61 Å². The monoisotopic (exact) mass is 368 g/mol. The molecule has 1 aromatic carbocycles. The molecule has 1 fully saturated rings. The van der Waals surface area contributed by atoms with Crippen LogP contribution in [-0.4, -0.2) is 51.1 Å². The van der Waals surface area contributed by atoms with Crippen LogP contribution in [0, 0.1) is 11.8 Å². The Morgan fingerprint density at radius 2 is 1.80 bits per heavy atom. The summed E-state index contributed by atoms with van der Waals surface area (Å²) in [6.07, 6.45) is 2.07. The molecule has 1 heterocycles. The first kappa shape index (κ1) is 19.2. The third-order valence-electron chi connectivity index (χ3n) is 3.99. The van der Waals surface area contributed by atoms with Gasteiger partial charge in [-0.1, -0.05) is 26.0 Å². The van der Waals surface area contributed by atoms with Crippen molar-refractivity contribution < 1.29 is 22.7 Å². The second-order valence-electron chi connectivity index (χ2n) is 6.74. The van der Waals surface area contributed by atoms with Crippen molar-refractivity contribution in [3.63, 3.8) is 0 Å². The summed E-state index contributed by atoms with van der Waals surface area (Å²) in [5.41, 5.74) is 0.198. The molecule has 1 aliphatic heterocycles. The highest BCUT2D eigenvalue weighted by atomic mass is 32.2. The third kappa shape index (κ3) is 5.74. The predicted octanol–water partition coefficient (Wildman–Crippen LogP) is 1.72. The average molecular weight is 368 g/mol. The number of hydrogen-bond donors (Lipinski definition) is 1. The van der Waals surface area contributed by atoms with E-state index in [1.807, 2.05) is 0 Å². The standard InChI is InChI=1S/C17H24N2O5S/c1-12-8-13(2)10-19(9-12)16(20)11-24-17(21)14-6-4-5-7-15(14)18-25(3,22)23/h4-7,12-13,18H,8-11H2,1-3H3/t12-,13+. The Hall–Kier alpha value is -2.09. The van der Waals surface area contributed by atoms with Crippen LogP contribution in [0.3, 0.4) is 0 Å². The Morgan fingerprint density at radius 1 is 1.20 bits per heavy atom. The van der Waals surface area contributed by atoms with E-state index in [-0.39, 0.29) is 23.8 Å². The van der Waals surface area contributed by atoms with E-state index in [0.29, 0.717) is 24.9 Å². The molecular weight excluding hydrogens is 344 g/mol. The van der Waals surface area contributed by atoms with Crippen LogP contribution in [0.1, 0.15) is 30.6 Å². The first-order valence-corrected chi connectivity index (χ1v) is 10.1. The number of anilines is 1. The first-order valence-electron chi connectivity index (χ1n) is 8.17. The van der Waals surface area contributed by atoms with Gasteiger partial charge in [-0.15, -0.1) is 0 Å². The molecule has 0 bridgehead atoms. The van der Waals surface area contributed by atoms with Gasteiger partial charge < -0.3 is 9.64 Å². The number of rotatable bonds is 5. The quantitative estimate of drug-likeness (QED) is 0.799. The number of hydrogen-bond acceptors (Lipinski definition) is 5. The summed E-state index contributed by atoms with van der Waals surface area (Å²) in [7, 11) is -3.53. The van der Waals surface area contributed by atoms with Crippen LogP contribution in [0.15, 0.2) is 24.3 Å². The summed E-state index contributed by atoms with van der Waals surface area (Å²) in [5.74, 6) is -0.135. The van der Waals surface area contributed by atoms with Gasteiger partial charge in [0.25, 0.3) is 5.91 Å². The molecule has 0 unspecified atom stereocenters. The molecule has 8 heteroatoms. The van der Waals surface area contributed by atoms with Crippen molar-refractivity contribution >= 4 is 27.6 Å². The lowest BCUT2D eigenvalue weighted by Gasteiger charge is -2.34. The Balaban J connectivity index is 2.00. The smallest absolute Gasteiger partial charge is 0.340 e. The zero-order valence-corrected chi connectivity index (χ0v) is 15.5. The van der Waals surface area contributed by atoms with E-state index in [0.717, 1.165) is 12.7 Å². The Bertz CT molecular complexity index is 737. The third-order valence-corrected chi connectivity index (χ3v) is 4.58. The highest BCUT2D eigenvalue weighted by molar-refractivity contribution is 7.92. The number of carbonyl (C=O) groups is 2. The maximum Gasteiger partial charge on any atom is 0.340 e. The molecule has 2 atom stereocenters. The molecule has 1 amide bonds. The highest BCUT2D eigenvalue weighted by Crippen LogP contribution is 2.21. The fourth-order valence-corrected chi connectivity index (χ4v) is 3.69. The van der Waals surface area contributed by atoms with E-state index in [1.165, 1.54) is 12.1 Å². The van der Waals surface area contributed by atoms with Gasteiger partial charge in [-0.3, -0.25) is 9.52 Å². The minimum Gasteiger partial charge on any atom is -0.452 e. The highest BCUT2D eigenvalue weighted by Gasteiger charge is 2.26. The predicted molar refractivity (Wildman–Crippen MR) is 94.7 cm³/mol.